The smallest absolute Gasteiger partial charge is 0.0139 e. The molecule has 1 aliphatic heterocycles. The predicted octanol–water partition coefficient (Wildman–Crippen LogP) is 1.53. The maximum atomic E-state index is 5.99. The number of nitrogens with two attached hydrogens (primary N) is 1. The summed E-state index contributed by atoms with van der Waals surface area (Å²) in [6.45, 7) is 8.47. The standard InChI is InChI=1S/C15H29N3/c1-12-2-3-13(11-16)15(10-12)18-8-6-17(7-9-18)14-4-5-14/h12-15H,2-11,16H2,1H3. The Balaban J connectivity index is 1.55. The lowest BCUT2D eigenvalue weighted by Gasteiger charge is -2.45. The van der Waals surface area contributed by atoms with E-state index in [9.17, 15) is 0 Å². The third-order valence-electron chi connectivity index (χ3n) is 5.40. The number of piperazine rings is 1. The molecule has 18 heavy (non-hydrogen) atoms. The zero-order chi connectivity index (χ0) is 12.5. The van der Waals surface area contributed by atoms with Crippen molar-refractivity contribution in [1.29, 1.82) is 0 Å². The van der Waals surface area contributed by atoms with Gasteiger partial charge in [0, 0.05) is 38.3 Å². The number of hydrogen-bond donors (Lipinski definition) is 1. The molecular weight excluding hydrogens is 222 g/mol. The molecule has 1 saturated heterocycles. The van der Waals surface area contributed by atoms with Gasteiger partial charge < -0.3 is 5.73 Å². The molecule has 0 amide bonds. The van der Waals surface area contributed by atoms with Gasteiger partial charge in [0.2, 0.25) is 0 Å². The van der Waals surface area contributed by atoms with Gasteiger partial charge in [0.1, 0.15) is 0 Å². The first-order valence-electron chi connectivity index (χ1n) is 7.96. The van der Waals surface area contributed by atoms with Gasteiger partial charge in [0.15, 0.2) is 0 Å². The average molecular weight is 251 g/mol. The van der Waals surface area contributed by atoms with Crippen LogP contribution in [0.5, 0.6) is 0 Å². The van der Waals surface area contributed by atoms with Gasteiger partial charge in [-0.2, -0.15) is 0 Å². The molecular formula is C15H29N3. The molecule has 0 bridgehead atoms. The van der Waals surface area contributed by atoms with Crippen LogP contribution in [0.1, 0.15) is 39.0 Å². The zero-order valence-electron chi connectivity index (χ0n) is 11.9. The number of rotatable bonds is 3. The largest absolute Gasteiger partial charge is 0.330 e. The number of nitrogens with zero attached hydrogens (tertiary/aromatic N) is 2. The summed E-state index contributed by atoms with van der Waals surface area (Å²) >= 11 is 0. The molecule has 3 rings (SSSR count). The Hall–Kier alpha value is -0.120. The summed E-state index contributed by atoms with van der Waals surface area (Å²) in [6.07, 6.45) is 7.02. The van der Waals surface area contributed by atoms with Crippen LogP contribution in [0.25, 0.3) is 0 Å². The fourth-order valence-electron chi connectivity index (χ4n) is 4.01. The third kappa shape index (κ3) is 2.73. The molecule has 3 heteroatoms. The quantitative estimate of drug-likeness (QED) is 0.825. The molecule has 104 valence electrons. The van der Waals surface area contributed by atoms with Gasteiger partial charge in [-0.3, -0.25) is 9.80 Å². The third-order valence-corrected chi connectivity index (χ3v) is 5.40. The summed E-state index contributed by atoms with van der Waals surface area (Å²) in [5, 5.41) is 0. The Morgan fingerprint density at radius 2 is 1.61 bits per heavy atom. The van der Waals surface area contributed by atoms with Crippen molar-refractivity contribution < 1.29 is 0 Å². The summed E-state index contributed by atoms with van der Waals surface area (Å²) < 4.78 is 0. The topological polar surface area (TPSA) is 32.5 Å². The van der Waals surface area contributed by atoms with E-state index in [0.29, 0.717) is 0 Å². The minimum atomic E-state index is 0.758. The van der Waals surface area contributed by atoms with Gasteiger partial charge in [-0.15, -0.1) is 0 Å². The lowest BCUT2D eigenvalue weighted by molar-refractivity contribution is 0.0374. The molecule has 3 fully saturated rings. The molecule has 2 saturated carbocycles. The monoisotopic (exact) mass is 251 g/mol. The van der Waals surface area contributed by atoms with Gasteiger partial charge >= 0.3 is 0 Å². The van der Waals surface area contributed by atoms with Crippen molar-refractivity contribution in [3.05, 3.63) is 0 Å². The first-order chi connectivity index (χ1) is 8.78. The van der Waals surface area contributed by atoms with Gasteiger partial charge in [-0.1, -0.05) is 13.3 Å². The molecule has 3 atom stereocenters. The molecule has 0 aromatic carbocycles. The van der Waals surface area contributed by atoms with Crippen molar-refractivity contribution in [3.63, 3.8) is 0 Å². The normalized spacial score (nSPS) is 40.0. The van der Waals surface area contributed by atoms with Gasteiger partial charge in [0.25, 0.3) is 0 Å². The molecule has 0 radical (unpaired) electrons. The highest BCUT2D eigenvalue weighted by atomic mass is 15.3. The summed E-state index contributed by atoms with van der Waals surface area (Å²) in [6, 6.07) is 1.72. The number of hydrogen-bond acceptors (Lipinski definition) is 3. The predicted molar refractivity (Wildman–Crippen MR) is 75.5 cm³/mol. The highest BCUT2D eigenvalue weighted by Crippen LogP contribution is 2.33. The van der Waals surface area contributed by atoms with Crippen molar-refractivity contribution in [1.82, 2.24) is 9.80 Å². The molecule has 0 aromatic heterocycles. The Labute approximate surface area is 112 Å². The second kappa shape index (κ2) is 5.48. The van der Waals surface area contributed by atoms with Crippen LogP contribution in [0.3, 0.4) is 0 Å². The van der Waals surface area contributed by atoms with E-state index in [1.54, 1.807) is 0 Å². The SMILES string of the molecule is CC1CCC(CN)C(N2CCN(C3CC3)CC2)C1. The minimum absolute atomic E-state index is 0.758. The molecule has 3 aliphatic rings. The first-order valence-corrected chi connectivity index (χ1v) is 7.96. The van der Waals surface area contributed by atoms with E-state index in [2.05, 4.69) is 16.7 Å². The Morgan fingerprint density at radius 1 is 0.944 bits per heavy atom. The Morgan fingerprint density at radius 3 is 2.22 bits per heavy atom. The van der Waals surface area contributed by atoms with Crippen LogP contribution in [-0.2, 0) is 0 Å². The maximum absolute atomic E-state index is 5.99. The van der Waals surface area contributed by atoms with E-state index in [4.69, 9.17) is 5.73 Å². The first kappa shape index (κ1) is 12.9. The van der Waals surface area contributed by atoms with Crippen molar-refractivity contribution in [2.45, 2.75) is 51.1 Å². The van der Waals surface area contributed by atoms with Crippen LogP contribution in [0.4, 0.5) is 0 Å². The molecule has 3 unspecified atom stereocenters. The second-order valence-electron chi connectivity index (χ2n) is 6.78. The summed E-state index contributed by atoms with van der Waals surface area (Å²) in [5.41, 5.74) is 5.99. The lowest BCUT2D eigenvalue weighted by atomic mass is 9.78. The van der Waals surface area contributed by atoms with E-state index >= 15 is 0 Å². The molecule has 3 nitrogen and oxygen atoms in total. The highest BCUT2D eigenvalue weighted by Gasteiger charge is 2.36. The maximum Gasteiger partial charge on any atom is 0.0139 e. The van der Waals surface area contributed by atoms with E-state index in [0.717, 1.165) is 30.5 Å². The highest BCUT2D eigenvalue weighted by molar-refractivity contribution is 4.92. The van der Waals surface area contributed by atoms with Crippen LogP contribution < -0.4 is 5.73 Å². The van der Waals surface area contributed by atoms with Gasteiger partial charge in [0.05, 0.1) is 0 Å². The van der Waals surface area contributed by atoms with Crippen LogP contribution in [-0.4, -0.2) is 54.6 Å². The zero-order valence-corrected chi connectivity index (χ0v) is 11.9. The van der Waals surface area contributed by atoms with Crippen LogP contribution in [0.15, 0.2) is 0 Å². The molecule has 2 aliphatic carbocycles. The molecule has 1 heterocycles. The molecule has 0 spiro atoms. The van der Waals surface area contributed by atoms with Crippen LogP contribution in [0.2, 0.25) is 0 Å². The second-order valence-corrected chi connectivity index (χ2v) is 6.78. The van der Waals surface area contributed by atoms with Crippen molar-refractivity contribution >= 4 is 0 Å². The van der Waals surface area contributed by atoms with Gasteiger partial charge in [-0.05, 0) is 44.1 Å². The molecule has 2 N–H and O–H groups in total. The van der Waals surface area contributed by atoms with Crippen LogP contribution >= 0.6 is 0 Å². The van der Waals surface area contributed by atoms with Crippen LogP contribution in [0, 0.1) is 11.8 Å². The fourth-order valence-corrected chi connectivity index (χ4v) is 4.01. The summed E-state index contributed by atoms with van der Waals surface area (Å²) in [5.74, 6) is 1.66. The van der Waals surface area contributed by atoms with E-state index in [-0.39, 0.29) is 0 Å². The van der Waals surface area contributed by atoms with Crippen molar-refractivity contribution in [2.75, 3.05) is 32.7 Å². The van der Waals surface area contributed by atoms with Crippen molar-refractivity contribution in [3.8, 4) is 0 Å². The summed E-state index contributed by atoms with van der Waals surface area (Å²) in [4.78, 5) is 5.46. The Kier molecular flexibility index (Phi) is 3.92. The van der Waals surface area contributed by atoms with E-state index in [1.807, 2.05) is 0 Å². The van der Waals surface area contributed by atoms with E-state index < -0.39 is 0 Å². The van der Waals surface area contributed by atoms with Crippen molar-refractivity contribution in [2.24, 2.45) is 17.6 Å². The lowest BCUT2D eigenvalue weighted by Crippen LogP contribution is -2.55. The average Bonchev–Trinajstić information content (AvgIpc) is 3.23. The minimum Gasteiger partial charge on any atom is -0.330 e. The fraction of sp³-hybridized carbons (Fsp3) is 1.00. The van der Waals surface area contributed by atoms with Gasteiger partial charge in [-0.25, -0.2) is 0 Å². The molecule has 0 aromatic rings. The Bertz CT molecular complexity index is 269. The summed E-state index contributed by atoms with van der Waals surface area (Å²) in [7, 11) is 0. The van der Waals surface area contributed by atoms with E-state index in [1.165, 1.54) is 58.3 Å².